The van der Waals surface area contributed by atoms with Gasteiger partial charge in [0.25, 0.3) is 5.91 Å². The lowest BCUT2D eigenvalue weighted by molar-refractivity contribution is -0.140. The quantitative estimate of drug-likeness (QED) is 0.561. The molecule has 162 valence electrons. The first-order valence-electron chi connectivity index (χ1n) is 10.1. The molecule has 0 unspecified atom stereocenters. The number of nitrogens with zero attached hydrogens (tertiary/aromatic N) is 2. The normalized spacial score (nSPS) is 10.7. The zero-order valence-electron chi connectivity index (χ0n) is 17.9. The SMILES string of the molecule is COC(=O)CCc1c(C)nn(-c2ccc(C(=O)NCCc3ccc(F)cc3)cc2)c1C. The molecule has 6 nitrogen and oxygen atoms in total. The van der Waals surface area contributed by atoms with Crippen molar-refractivity contribution in [2.24, 2.45) is 0 Å². The second-order valence-corrected chi connectivity index (χ2v) is 7.32. The van der Waals surface area contributed by atoms with Gasteiger partial charge in [0.1, 0.15) is 5.82 Å². The van der Waals surface area contributed by atoms with E-state index in [0.717, 1.165) is 28.2 Å². The molecule has 0 aliphatic rings. The molecule has 0 radical (unpaired) electrons. The van der Waals surface area contributed by atoms with Crippen LogP contribution >= 0.6 is 0 Å². The Balaban J connectivity index is 1.62. The largest absolute Gasteiger partial charge is 0.469 e. The highest BCUT2D eigenvalue weighted by molar-refractivity contribution is 5.94. The molecule has 0 atom stereocenters. The Bertz CT molecular complexity index is 1060. The Morgan fingerprint density at radius 3 is 2.35 bits per heavy atom. The van der Waals surface area contributed by atoms with Crippen LogP contribution < -0.4 is 5.32 Å². The van der Waals surface area contributed by atoms with Crippen molar-refractivity contribution in [2.75, 3.05) is 13.7 Å². The van der Waals surface area contributed by atoms with E-state index in [9.17, 15) is 14.0 Å². The number of ether oxygens (including phenoxy) is 1. The topological polar surface area (TPSA) is 73.2 Å². The van der Waals surface area contributed by atoms with Crippen molar-refractivity contribution in [1.82, 2.24) is 15.1 Å². The summed E-state index contributed by atoms with van der Waals surface area (Å²) < 4.78 is 19.5. The second kappa shape index (κ2) is 10.0. The monoisotopic (exact) mass is 423 g/mol. The van der Waals surface area contributed by atoms with Crippen LogP contribution in [0.25, 0.3) is 5.69 Å². The van der Waals surface area contributed by atoms with Crippen molar-refractivity contribution >= 4 is 11.9 Å². The maximum Gasteiger partial charge on any atom is 0.305 e. The number of carbonyl (C=O) groups is 2. The Kier molecular flexibility index (Phi) is 7.18. The summed E-state index contributed by atoms with van der Waals surface area (Å²) in [7, 11) is 1.38. The number of aromatic nitrogens is 2. The first kappa shape index (κ1) is 22.2. The third-order valence-electron chi connectivity index (χ3n) is 5.23. The van der Waals surface area contributed by atoms with Crippen molar-refractivity contribution in [2.45, 2.75) is 33.1 Å². The number of halogens is 1. The molecular formula is C24H26FN3O3. The van der Waals surface area contributed by atoms with E-state index in [-0.39, 0.29) is 17.7 Å². The van der Waals surface area contributed by atoms with Crippen LogP contribution in [0.5, 0.6) is 0 Å². The molecule has 7 heteroatoms. The zero-order chi connectivity index (χ0) is 22.4. The summed E-state index contributed by atoms with van der Waals surface area (Å²) in [6.45, 7) is 4.34. The predicted molar refractivity (Wildman–Crippen MR) is 116 cm³/mol. The van der Waals surface area contributed by atoms with E-state index < -0.39 is 0 Å². The maximum absolute atomic E-state index is 13.0. The number of benzene rings is 2. The summed E-state index contributed by atoms with van der Waals surface area (Å²) in [6, 6.07) is 13.5. The number of hydrogen-bond donors (Lipinski definition) is 1. The van der Waals surface area contributed by atoms with Gasteiger partial charge in [-0.05, 0) is 74.2 Å². The number of hydrogen-bond acceptors (Lipinski definition) is 4. The predicted octanol–water partition coefficient (Wildman–Crippen LogP) is 3.71. The van der Waals surface area contributed by atoms with Crippen LogP contribution in [0.2, 0.25) is 0 Å². The van der Waals surface area contributed by atoms with Crippen molar-refractivity contribution in [3.63, 3.8) is 0 Å². The third-order valence-corrected chi connectivity index (χ3v) is 5.23. The van der Waals surface area contributed by atoms with Crippen molar-refractivity contribution in [3.8, 4) is 5.69 Å². The summed E-state index contributed by atoms with van der Waals surface area (Å²) in [5, 5.41) is 7.47. The van der Waals surface area contributed by atoms with Crippen LogP contribution in [0, 0.1) is 19.7 Å². The standard InChI is InChI=1S/C24H26FN3O3/c1-16-22(12-13-23(29)31-3)17(2)28(27-16)21-10-6-19(7-11-21)24(30)26-15-14-18-4-8-20(25)9-5-18/h4-11H,12-15H2,1-3H3,(H,26,30). The summed E-state index contributed by atoms with van der Waals surface area (Å²) in [4.78, 5) is 23.9. The van der Waals surface area contributed by atoms with Gasteiger partial charge in [0, 0.05) is 24.2 Å². The molecule has 0 aliphatic carbocycles. The molecule has 2 aromatic carbocycles. The molecule has 0 aliphatic heterocycles. The fourth-order valence-electron chi connectivity index (χ4n) is 3.44. The molecule has 0 spiro atoms. The van der Waals surface area contributed by atoms with Gasteiger partial charge >= 0.3 is 5.97 Å². The number of carbonyl (C=O) groups excluding carboxylic acids is 2. The molecule has 31 heavy (non-hydrogen) atoms. The summed E-state index contributed by atoms with van der Waals surface area (Å²) in [6.07, 6.45) is 1.50. The number of methoxy groups -OCH3 is 1. The molecule has 0 bridgehead atoms. The fraction of sp³-hybridized carbons (Fsp3) is 0.292. The minimum atomic E-state index is -0.272. The van der Waals surface area contributed by atoms with Gasteiger partial charge in [-0.15, -0.1) is 0 Å². The van der Waals surface area contributed by atoms with Crippen molar-refractivity contribution in [1.29, 1.82) is 0 Å². The van der Waals surface area contributed by atoms with E-state index in [1.165, 1.54) is 19.2 Å². The average Bonchev–Trinajstić information content (AvgIpc) is 3.06. The Morgan fingerprint density at radius 1 is 1.03 bits per heavy atom. The number of rotatable bonds is 8. The first-order valence-corrected chi connectivity index (χ1v) is 10.1. The molecule has 3 rings (SSSR count). The Hall–Kier alpha value is -3.48. The minimum absolute atomic E-state index is 0.166. The molecule has 1 N–H and O–H groups in total. The van der Waals surface area contributed by atoms with Crippen LogP contribution in [0.1, 0.15) is 39.3 Å². The lowest BCUT2D eigenvalue weighted by atomic mass is 10.1. The average molecular weight is 423 g/mol. The van der Waals surface area contributed by atoms with Crippen LogP contribution in [0.3, 0.4) is 0 Å². The van der Waals surface area contributed by atoms with Gasteiger partial charge in [0.15, 0.2) is 0 Å². The van der Waals surface area contributed by atoms with E-state index in [0.29, 0.717) is 31.4 Å². The van der Waals surface area contributed by atoms with E-state index in [1.807, 2.05) is 30.7 Å². The Morgan fingerprint density at radius 2 is 1.71 bits per heavy atom. The Labute approximate surface area is 181 Å². The molecule has 3 aromatic rings. The van der Waals surface area contributed by atoms with Gasteiger partial charge < -0.3 is 10.1 Å². The van der Waals surface area contributed by atoms with E-state index in [4.69, 9.17) is 4.74 Å². The van der Waals surface area contributed by atoms with Gasteiger partial charge in [0.2, 0.25) is 0 Å². The summed E-state index contributed by atoms with van der Waals surface area (Å²) in [5.74, 6) is -0.687. The highest BCUT2D eigenvalue weighted by atomic mass is 19.1. The van der Waals surface area contributed by atoms with Crippen molar-refractivity contribution in [3.05, 3.63) is 82.4 Å². The minimum Gasteiger partial charge on any atom is -0.469 e. The molecule has 0 fully saturated rings. The number of esters is 1. The van der Waals surface area contributed by atoms with E-state index in [2.05, 4.69) is 10.4 Å². The molecule has 0 saturated heterocycles. The van der Waals surface area contributed by atoms with Crippen LogP contribution in [-0.2, 0) is 22.4 Å². The number of amides is 1. The first-order chi connectivity index (χ1) is 14.9. The molecule has 1 amide bonds. The van der Waals surface area contributed by atoms with E-state index >= 15 is 0 Å². The highest BCUT2D eigenvalue weighted by Crippen LogP contribution is 2.20. The lowest BCUT2D eigenvalue weighted by Gasteiger charge is -2.08. The van der Waals surface area contributed by atoms with Gasteiger partial charge in [0.05, 0.1) is 18.5 Å². The summed E-state index contributed by atoms with van der Waals surface area (Å²) >= 11 is 0. The van der Waals surface area contributed by atoms with Gasteiger partial charge in [-0.2, -0.15) is 5.10 Å². The second-order valence-electron chi connectivity index (χ2n) is 7.32. The number of aryl methyl sites for hydroxylation is 1. The van der Waals surface area contributed by atoms with Crippen LogP contribution in [0.4, 0.5) is 4.39 Å². The lowest BCUT2D eigenvalue weighted by Crippen LogP contribution is -2.25. The smallest absolute Gasteiger partial charge is 0.305 e. The zero-order valence-corrected chi connectivity index (χ0v) is 17.9. The van der Waals surface area contributed by atoms with Crippen molar-refractivity contribution < 1.29 is 18.7 Å². The fourth-order valence-corrected chi connectivity index (χ4v) is 3.44. The molecular weight excluding hydrogens is 397 g/mol. The van der Waals surface area contributed by atoms with Crippen LogP contribution in [0.15, 0.2) is 48.5 Å². The van der Waals surface area contributed by atoms with Gasteiger partial charge in [-0.3, -0.25) is 9.59 Å². The van der Waals surface area contributed by atoms with E-state index in [1.54, 1.807) is 24.3 Å². The molecule has 1 aromatic heterocycles. The highest BCUT2D eigenvalue weighted by Gasteiger charge is 2.15. The summed E-state index contributed by atoms with van der Waals surface area (Å²) in [5.41, 5.74) is 5.20. The maximum atomic E-state index is 13.0. The molecule has 1 heterocycles. The third kappa shape index (κ3) is 5.57. The number of nitrogens with one attached hydrogen (secondary N) is 1. The van der Waals surface area contributed by atoms with Gasteiger partial charge in [-0.1, -0.05) is 12.1 Å². The van der Waals surface area contributed by atoms with Gasteiger partial charge in [-0.25, -0.2) is 9.07 Å². The molecule has 0 saturated carbocycles. The van der Waals surface area contributed by atoms with Crippen LogP contribution in [-0.4, -0.2) is 35.3 Å².